The molecule has 4 rings (SSSR count). The molecule has 0 radical (unpaired) electrons. The largest absolute Gasteiger partial charge is 0.367 e. The maximum Gasteiger partial charge on any atom is 0.269 e. The molecular formula is C21H23F3N4O2. The number of carbonyl (C=O) groups is 1. The third-order valence-electron chi connectivity index (χ3n) is 6.20. The zero-order valence-corrected chi connectivity index (χ0v) is 16.5. The number of ether oxygens (including phenoxy) is 1. The monoisotopic (exact) mass is 420 g/mol. The molecule has 1 saturated heterocycles. The summed E-state index contributed by atoms with van der Waals surface area (Å²) in [7, 11) is 0. The van der Waals surface area contributed by atoms with Crippen LogP contribution in [0, 0.1) is 23.4 Å². The lowest BCUT2D eigenvalue weighted by atomic mass is 9.79. The summed E-state index contributed by atoms with van der Waals surface area (Å²) in [4.78, 5) is 11.6. The number of amides is 1. The van der Waals surface area contributed by atoms with Crippen LogP contribution in [0.15, 0.2) is 23.3 Å². The van der Waals surface area contributed by atoms with E-state index in [2.05, 4.69) is 10.2 Å². The molecule has 1 aromatic carbocycles. The SMILES string of the molecule is C/C(=C1/CO[C@H](c2cc(F)c(F)cc2F)[C@@H](N)C1)C1CCc2[nH]nc(C(N)=O)c2C1. The highest BCUT2D eigenvalue weighted by molar-refractivity contribution is 5.92. The molecule has 0 saturated carbocycles. The van der Waals surface area contributed by atoms with Gasteiger partial charge < -0.3 is 16.2 Å². The van der Waals surface area contributed by atoms with Gasteiger partial charge in [0.05, 0.1) is 6.61 Å². The molecule has 3 atom stereocenters. The molecule has 1 aliphatic carbocycles. The Balaban J connectivity index is 1.53. The Bertz CT molecular complexity index is 1030. The van der Waals surface area contributed by atoms with Crippen molar-refractivity contribution >= 4 is 5.91 Å². The smallest absolute Gasteiger partial charge is 0.269 e. The number of aryl methyl sites for hydroxylation is 1. The van der Waals surface area contributed by atoms with Crippen LogP contribution in [0.5, 0.6) is 0 Å². The van der Waals surface area contributed by atoms with Crippen LogP contribution in [0.4, 0.5) is 13.2 Å². The van der Waals surface area contributed by atoms with E-state index in [1.807, 2.05) is 6.92 Å². The predicted octanol–water partition coefficient (Wildman–Crippen LogP) is 2.84. The van der Waals surface area contributed by atoms with Gasteiger partial charge in [0, 0.05) is 28.9 Å². The summed E-state index contributed by atoms with van der Waals surface area (Å²) in [6.07, 6.45) is 1.85. The van der Waals surface area contributed by atoms with Gasteiger partial charge in [0.2, 0.25) is 0 Å². The number of allylic oxidation sites excluding steroid dienone is 1. The van der Waals surface area contributed by atoms with Crippen LogP contribution in [0.25, 0.3) is 0 Å². The first-order chi connectivity index (χ1) is 14.3. The standard InChI is InChI=1S/C21H23F3N4O2/c1-9(10-2-3-18-13(4-10)19(21(26)29)28-27-18)11-5-17(25)20(30-8-11)12-6-15(23)16(24)7-14(12)22/h6-7,10,17,20H,2-5,8,25H2,1H3,(H2,26,29)(H,27,28)/b11-9-/t10?,17-,20+/m0/s1. The average Bonchev–Trinajstić information content (AvgIpc) is 3.14. The number of fused-ring (bicyclic) bond motifs is 1. The predicted molar refractivity (Wildman–Crippen MR) is 103 cm³/mol. The zero-order valence-electron chi connectivity index (χ0n) is 16.5. The molecule has 1 aromatic heterocycles. The number of carbonyl (C=O) groups excluding carboxylic acids is 1. The Labute approximate surface area is 171 Å². The second kappa shape index (κ2) is 7.88. The topological polar surface area (TPSA) is 107 Å². The Morgan fingerprint density at radius 1 is 1.20 bits per heavy atom. The van der Waals surface area contributed by atoms with Gasteiger partial charge in [-0.2, -0.15) is 5.10 Å². The Morgan fingerprint density at radius 2 is 1.93 bits per heavy atom. The second-order valence-corrected chi connectivity index (χ2v) is 8.01. The number of rotatable bonds is 3. The number of H-pyrrole nitrogens is 1. The molecule has 5 N–H and O–H groups in total. The van der Waals surface area contributed by atoms with Gasteiger partial charge in [-0.25, -0.2) is 13.2 Å². The summed E-state index contributed by atoms with van der Waals surface area (Å²) in [6.45, 7) is 2.23. The van der Waals surface area contributed by atoms with Crippen LogP contribution in [0.1, 0.15) is 53.2 Å². The van der Waals surface area contributed by atoms with Crippen molar-refractivity contribution in [2.75, 3.05) is 6.61 Å². The number of nitrogens with zero attached hydrogens (tertiary/aromatic N) is 1. The number of hydrogen-bond acceptors (Lipinski definition) is 4. The minimum Gasteiger partial charge on any atom is -0.367 e. The lowest BCUT2D eigenvalue weighted by molar-refractivity contribution is 0.0229. The maximum absolute atomic E-state index is 14.1. The summed E-state index contributed by atoms with van der Waals surface area (Å²) in [5.74, 6) is -3.64. The molecule has 1 unspecified atom stereocenters. The minimum atomic E-state index is -1.25. The van der Waals surface area contributed by atoms with E-state index in [0.29, 0.717) is 18.9 Å². The Kier molecular flexibility index (Phi) is 5.42. The molecule has 2 heterocycles. The van der Waals surface area contributed by atoms with Crippen LogP contribution in [-0.4, -0.2) is 28.8 Å². The number of primary amides is 1. The van der Waals surface area contributed by atoms with E-state index in [1.54, 1.807) is 0 Å². The Hall–Kier alpha value is -2.65. The fourth-order valence-electron chi connectivity index (χ4n) is 4.47. The normalized spacial score (nSPS) is 25.7. The number of aromatic nitrogens is 2. The summed E-state index contributed by atoms with van der Waals surface area (Å²) in [5.41, 5.74) is 15.7. The van der Waals surface area contributed by atoms with E-state index in [4.69, 9.17) is 16.2 Å². The van der Waals surface area contributed by atoms with Gasteiger partial charge in [-0.1, -0.05) is 5.57 Å². The average molecular weight is 420 g/mol. The Morgan fingerprint density at radius 3 is 2.63 bits per heavy atom. The molecule has 1 amide bonds. The number of nitrogens with one attached hydrogen (secondary N) is 1. The quantitative estimate of drug-likeness (QED) is 0.524. The van der Waals surface area contributed by atoms with Crippen LogP contribution in [0.3, 0.4) is 0 Å². The van der Waals surface area contributed by atoms with Crippen molar-refractivity contribution in [3.8, 4) is 0 Å². The molecule has 1 aliphatic heterocycles. The van der Waals surface area contributed by atoms with E-state index in [9.17, 15) is 18.0 Å². The van der Waals surface area contributed by atoms with E-state index < -0.39 is 35.5 Å². The number of halogens is 3. The minimum absolute atomic E-state index is 0.0788. The lowest BCUT2D eigenvalue weighted by Crippen LogP contribution is -2.37. The zero-order chi connectivity index (χ0) is 21.6. The molecule has 2 aliphatic rings. The summed E-state index contributed by atoms with van der Waals surface area (Å²) in [6, 6.07) is 0.722. The van der Waals surface area contributed by atoms with Crippen LogP contribution < -0.4 is 11.5 Å². The summed E-state index contributed by atoms with van der Waals surface area (Å²) >= 11 is 0. The van der Waals surface area contributed by atoms with Crippen molar-refractivity contribution in [2.45, 2.75) is 44.8 Å². The first-order valence-corrected chi connectivity index (χ1v) is 9.82. The van der Waals surface area contributed by atoms with Crippen molar-refractivity contribution in [1.82, 2.24) is 10.2 Å². The fourth-order valence-corrected chi connectivity index (χ4v) is 4.47. The molecule has 2 aromatic rings. The first-order valence-electron chi connectivity index (χ1n) is 9.82. The van der Waals surface area contributed by atoms with Gasteiger partial charge in [-0.15, -0.1) is 0 Å². The van der Waals surface area contributed by atoms with Gasteiger partial charge in [0.25, 0.3) is 5.91 Å². The molecular weight excluding hydrogens is 397 g/mol. The van der Waals surface area contributed by atoms with Crippen LogP contribution in [0.2, 0.25) is 0 Å². The highest BCUT2D eigenvalue weighted by Crippen LogP contribution is 2.37. The van der Waals surface area contributed by atoms with Crippen molar-refractivity contribution in [1.29, 1.82) is 0 Å². The molecule has 6 nitrogen and oxygen atoms in total. The fraction of sp³-hybridized carbons (Fsp3) is 0.429. The first kappa shape index (κ1) is 20.6. The molecule has 9 heteroatoms. The molecule has 30 heavy (non-hydrogen) atoms. The molecule has 0 bridgehead atoms. The van der Waals surface area contributed by atoms with Crippen molar-refractivity contribution in [3.63, 3.8) is 0 Å². The molecule has 0 spiro atoms. The van der Waals surface area contributed by atoms with Crippen molar-refractivity contribution in [2.24, 2.45) is 17.4 Å². The number of aromatic amines is 1. The lowest BCUT2D eigenvalue weighted by Gasteiger charge is -2.34. The van der Waals surface area contributed by atoms with Gasteiger partial charge in [-0.05, 0) is 50.2 Å². The number of benzene rings is 1. The number of hydrogen-bond donors (Lipinski definition) is 3. The third-order valence-corrected chi connectivity index (χ3v) is 6.20. The van der Waals surface area contributed by atoms with Gasteiger partial charge in [0.1, 0.15) is 11.9 Å². The second-order valence-electron chi connectivity index (χ2n) is 8.01. The van der Waals surface area contributed by atoms with E-state index in [-0.39, 0.29) is 23.8 Å². The van der Waals surface area contributed by atoms with Gasteiger partial charge >= 0.3 is 0 Å². The van der Waals surface area contributed by atoms with Crippen LogP contribution in [-0.2, 0) is 17.6 Å². The summed E-state index contributed by atoms with van der Waals surface area (Å²) in [5, 5.41) is 6.91. The van der Waals surface area contributed by atoms with E-state index in [0.717, 1.165) is 41.3 Å². The van der Waals surface area contributed by atoms with E-state index in [1.165, 1.54) is 0 Å². The molecule has 1 fully saturated rings. The van der Waals surface area contributed by atoms with Gasteiger partial charge in [-0.3, -0.25) is 9.89 Å². The highest BCUT2D eigenvalue weighted by atomic mass is 19.2. The third kappa shape index (κ3) is 3.63. The highest BCUT2D eigenvalue weighted by Gasteiger charge is 2.33. The van der Waals surface area contributed by atoms with Crippen molar-refractivity contribution in [3.05, 3.63) is 63.2 Å². The molecule has 160 valence electrons. The van der Waals surface area contributed by atoms with Gasteiger partial charge in [0.15, 0.2) is 17.3 Å². The van der Waals surface area contributed by atoms with Crippen molar-refractivity contribution < 1.29 is 22.7 Å². The van der Waals surface area contributed by atoms with E-state index >= 15 is 0 Å². The number of nitrogens with two attached hydrogens (primary N) is 2. The van der Waals surface area contributed by atoms with Crippen LogP contribution >= 0.6 is 0 Å². The summed E-state index contributed by atoms with van der Waals surface area (Å²) < 4.78 is 46.7. The maximum atomic E-state index is 14.1.